The number of amides is 2. The Labute approximate surface area is 159 Å². The summed E-state index contributed by atoms with van der Waals surface area (Å²) in [4.78, 5) is 32.5. The van der Waals surface area contributed by atoms with Gasteiger partial charge in [-0.1, -0.05) is 11.6 Å². The second-order valence-corrected chi connectivity index (χ2v) is 5.96. The highest BCUT2D eigenvalue weighted by atomic mass is 35.5. The second-order valence-electron chi connectivity index (χ2n) is 5.55. The summed E-state index contributed by atoms with van der Waals surface area (Å²) in [5.41, 5.74) is 1.57. The molecule has 0 atom stereocenters. The van der Waals surface area contributed by atoms with Crippen molar-refractivity contribution in [1.29, 1.82) is 0 Å². The molecule has 0 fully saturated rings. The molecule has 8 heteroatoms. The maximum absolute atomic E-state index is 13.2. The lowest BCUT2D eigenvalue weighted by Gasteiger charge is -2.08. The first-order valence-corrected chi connectivity index (χ1v) is 8.30. The van der Waals surface area contributed by atoms with Crippen LogP contribution in [0.4, 0.5) is 10.1 Å². The minimum atomic E-state index is -0.577. The van der Waals surface area contributed by atoms with Crippen molar-refractivity contribution >= 4 is 29.1 Å². The van der Waals surface area contributed by atoms with E-state index in [0.29, 0.717) is 12.2 Å². The molecule has 27 heavy (non-hydrogen) atoms. The van der Waals surface area contributed by atoms with E-state index >= 15 is 0 Å². The van der Waals surface area contributed by atoms with Gasteiger partial charge in [0.25, 0.3) is 11.8 Å². The molecule has 0 aliphatic rings. The highest BCUT2D eigenvalue weighted by Gasteiger charge is 2.13. The average molecular weight is 385 g/mol. The Morgan fingerprint density at radius 1 is 1.00 bits per heavy atom. The number of nitrogens with zero attached hydrogens (tertiary/aromatic N) is 2. The van der Waals surface area contributed by atoms with E-state index in [1.54, 1.807) is 24.5 Å². The van der Waals surface area contributed by atoms with Crippen LogP contribution < -0.4 is 10.6 Å². The summed E-state index contributed by atoms with van der Waals surface area (Å²) >= 11 is 5.70. The summed E-state index contributed by atoms with van der Waals surface area (Å²) < 4.78 is 13.2. The number of anilines is 1. The highest BCUT2D eigenvalue weighted by Crippen LogP contribution is 2.20. The maximum Gasteiger partial charge on any atom is 0.270 e. The zero-order valence-electron chi connectivity index (χ0n) is 13.9. The number of hydrogen-bond acceptors (Lipinski definition) is 4. The van der Waals surface area contributed by atoms with Crippen molar-refractivity contribution in [3.63, 3.8) is 0 Å². The molecule has 0 bridgehead atoms. The molecule has 2 aromatic heterocycles. The third kappa shape index (κ3) is 4.86. The molecule has 1 aromatic carbocycles. The van der Waals surface area contributed by atoms with E-state index in [2.05, 4.69) is 20.6 Å². The molecule has 2 amide bonds. The van der Waals surface area contributed by atoms with Crippen LogP contribution in [0.2, 0.25) is 5.02 Å². The Bertz CT molecular complexity index is 982. The molecule has 3 rings (SSSR count). The lowest BCUT2D eigenvalue weighted by molar-refractivity contribution is 0.0946. The molecule has 6 nitrogen and oxygen atoms in total. The van der Waals surface area contributed by atoms with E-state index in [4.69, 9.17) is 11.6 Å². The molecule has 0 radical (unpaired) electrons. The number of hydrogen-bond donors (Lipinski definition) is 2. The topological polar surface area (TPSA) is 84.0 Å². The number of carbonyl (C=O) groups excluding carboxylic acids is 2. The van der Waals surface area contributed by atoms with Gasteiger partial charge in [-0.25, -0.2) is 4.39 Å². The normalized spacial score (nSPS) is 10.3. The maximum atomic E-state index is 13.2. The average Bonchev–Trinajstić information content (AvgIpc) is 2.70. The van der Waals surface area contributed by atoms with Gasteiger partial charge in [-0.2, -0.15) is 0 Å². The van der Waals surface area contributed by atoms with Gasteiger partial charge >= 0.3 is 0 Å². The van der Waals surface area contributed by atoms with Gasteiger partial charge in [0.05, 0.1) is 5.02 Å². The third-order valence-corrected chi connectivity index (χ3v) is 3.92. The number of nitrogens with one attached hydrogen (secondary N) is 2. The van der Waals surface area contributed by atoms with Gasteiger partial charge in [0.1, 0.15) is 11.5 Å². The van der Waals surface area contributed by atoms with E-state index in [-0.39, 0.29) is 16.3 Å². The number of halogens is 2. The Balaban J connectivity index is 1.67. The van der Waals surface area contributed by atoms with Crippen LogP contribution in [0.25, 0.3) is 0 Å². The molecule has 0 saturated carbocycles. The van der Waals surface area contributed by atoms with Crippen LogP contribution in [0, 0.1) is 5.82 Å². The fraction of sp³-hybridized carbons (Fsp3) is 0.0526. The predicted molar refractivity (Wildman–Crippen MR) is 99.0 cm³/mol. The molecule has 3 aromatic rings. The van der Waals surface area contributed by atoms with Crippen LogP contribution in [0.3, 0.4) is 0 Å². The van der Waals surface area contributed by atoms with Crippen molar-refractivity contribution in [2.24, 2.45) is 0 Å². The SMILES string of the molecule is O=C(Nc1ccc(F)c(Cl)c1)c1ccnc(C(=O)NCc2ccncc2)c1. The zero-order valence-corrected chi connectivity index (χ0v) is 14.7. The van der Waals surface area contributed by atoms with Gasteiger partial charge in [-0.05, 0) is 48.0 Å². The summed E-state index contributed by atoms with van der Waals surface area (Å²) in [6.07, 6.45) is 4.63. The minimum absolute atomic E-state index is 0.0984. The fourth-order valence-electron chi connectivity index (χ4n) is 2.25. The molecule has 136 valence electrons. The molecular weight excluding hydrogens is 371 g/mol. The summed E-state index contributed by atoms with van der Waals surface area (Å²) in [5, 5.41) is 5.22. The van der Waals surface area contributed by atoms with Gasteiger partial charge in [-0.15, -0.1) is 0 Å². The summed E-state index contributed by atoms with van der Waals surface area (Å²) in [7, 11) is 0. The van der Waals surface area contributed by atoms with E-state index in [9.17, 15) is 14.0 Å². The molecule has 0 aliphatic carbocycles. The second kappa shape index (κ2) is 8.37. The summed E-state index contributed by atoms with van der Waals surface area (Å²) in [6, 6.07) is 10.3. The van der Waals surface area contributed by atoms with E-state index in [1.165, 1.54) is 30.5 Å². The molecular formula is C19H14ClFN4O2. The van der Waals surface area contributed by atoms with E-state index in [1.807, 2.05) is 0 Å². The van der Waals surface area contributed by atoms with Crippen molar-refractivity contribution in [1.82, 2.24) is 15.3 Å². The smallest absolute Gasteiger partial charge is 0.270 e. The van der Waals surface area contributed by atoms with E-state index in [0.717, 1.165) is 11.6 Å². The lowest BCUT2D eigenvalue weighted by atomic mass is 10.2. The number of benzene rings is 1. The van der Waals surface area contributed by atoms with Crippen LogP contribution in [-0.2, 0) is 6.54 Å². The van der Waals surface area contributed by atoms with Crippen LogP contribution in [0.5, 0.6) is 0 Å². The summed E-state index contributed by atoms with van der Waals surface area (Å²) in [5.74, 6) is -1.46. The van der Waals surface area contributed by atoms with Crippen LogP contribution in [0.15, 0.2) is 61.1 Å². The fourth-order valence-corrected chi connectivity index (χ4v) is 2.43. The summed E-state index contributed by atoms with van der Waals surface area (Å²) in [6.45, 7) is 0.313. The van der Waals surface area contributed by atoms with E-state index < -0.39 is 17.6 Å². The number of pyridine rings is 2. The molecule has 0 saturated heterocycles. The van der Waals surface area contributed by atoms with Crippen molar-refractivity contribution in [3.8, 4) is 0 Å². The Kier molecular flexibility index (Phi) is 5.73. The number of rotatable bonds is 5. The van der Waals surface area contributed by atoms with Gasteiger partial charge in [0.15, 0.2) is 0 Å². The molecule has 0 aliphatic heterocycles. The van der Waals surface area contributed by atoms with Gasteiger partial charge in [0, 0.05) is 36.4 Å². The van der Waals surface area contributed by atoms with Crippen molar-refractivity contribution in [2.45, 2.75) is 6.54 Å². The van der Waals surface area contributed by atoms with Crippen molar-refractivity contribution in [2.75, 3.05) is 5.32 Å². The molecule has 2 N–H and O–H groups in total. The molecule has 0 unspecified atom stereocenters. The molecule has 0 spiro atoms. The van der Waals surface area contributed by atoms with Crippen LogP contribution >= 0.6 is 11.6 Å². The quantitative estimate of drug-likeness (QED) is 0.705. The van der Waals surface area contributed by atoms with Gasteiger partial charge < -0.3 is 10.6 Å². The lowest BCUT2D eigenvalue weighted by Crippen LogP contribution is -2.24. The standard InChI is InChI=1S/C19H14ClFN4O2/c20-15-10-14(1-2-16(15)21)25-18(26)13-5-8-23-17(9-13)19(27)24-11-12-3-6-22-7-4-12/h1-10H,11H2,(H,24,27)(H,25,26). The Morgan fingerprint density at radius 3 is 2.52 bits per heavy atom. The van der Waals surface area contributed by atoms with Crippen LogP contribution in [-0.4, -0.2) is 21.8 Å². The number of aromatic nitrogens is 2. The minimum Gasteiger partial charge on any atom is -0.347 e. The monoisotopic (exact) mass is 384 g/mol. The number of carbonyl (C=O) groups is 2. The van der Waals surface area contributed by atoms with Gasteiger partial charge in [-0.3, -0.25) is 19.6 Å². The first kappa shape index (κ1) is 18.5. The van der Waals surface area contributed by atoms with Gasteiger partial charge in [0.2, 0.25) is 0 Å². The zero-order chi connectivity index (χ0) is 19.2. The third-order valence-electron chi connectivity index (χ3n) is 3.63. The first-order chi connectivity index (χ1) is 13.0. The Hall–Kier alpha value is -3.32. The van der Waals surface area contributed by atoms with Crippen molar-refractivity contribution in [3.05, 3.63) is 88.7 Å². The largest absolute Gasteiger partial charge is 0.347 e. The van der Waals surface area contributed by atoms with Crippen LogP contribution in [0.1, 0.15) is 26.4 Å². The van der Waals surface area contributed by atoms with Crippen molar-refractivity contribution < 1.29 is 14.0 Å². The molecule has 2 heterocycles. The predicted octanol–water partition coefficient (Wildman–Crippen LogP) is 3.45. The highest BCUT2D eigenvalue weighted by molar-refractivity contribution is 6.31. The first-order valence-electron chi connectivity index (χ1n) is 7.92. The Morgan fingerprint density at radius 2 is 1.78 bits per heavy atom.